The summed E-state index contributed by atoms with van der Waals surface area (Å²) in [5.41, 5.74) is 3.26. The monoisotopic (exact) mass is 417 g/mol. The van der Waals surface area contributed by atoms with Crippen LogP contribution in [0.4, 0.5) is 4.39 Å². The summed E-state index contributed by atoms with van der Waals surface area (Å²) in [5.74, 6) is 0.193. The molecule has 0 radical (unpaired) electrons. The molecule has 0 N–H and O–H groups in total. The standard InChI is InChI=1S/C22H16FN5OS/c23-15-8-6-13(7-9-15)12-27-21-18(16-4-1-5-17(16)30-21)20-25-19(26-28(20)22(27)29)14-3-2-10-24-11-14/h2-3,6-11H,1,4-5,12H2. The molecule has 0 atom stereocenters. The second-order valence-electron chi connectivity index (χ2n) is 7.45. The molecule has 8 heteroatoms. The highest BCUT2D eigenvalue weighted by atomic mass is 32.1. The van der Waals surface area contributed by atoms with Gasteiger partial charge in [0.25, 0.3) is 0 Å². The van der Waals surface area contributed by atoms with Gasteiger partial charge in [0.05, 0.1) is 11.9 Å². The van der Waals surface area contributed by atoms with E-state index in [4.69, 9.17) is 4.98 Å². The van der Waals surface area contributed by atoms with Gasteiger partial charge in [-0.15, -0.1) is 16.4 Å². The minimum atomic E-state index is -0.292. The van der Waals surface area contributed by atoms with Gasteiger partial charge in [0.15, 0.2) is 11.5 Å². The third-order valence-corrected chi connectivity index (χ3v) is 6.88. The Labute approximate surface area is 174 Å². The quantitative estimate of drug-likeness (QED) is 0.447. The summed E-state index contributed by atoms with van der Waals surface area (Å²) in [4.78, 5) is 24.5. The molecule has 6 nitrogen and oxygen atoms in total. The average Bonchev–Trinajstić information content (AvgIpc) is 3.47. The lowest BCUT2D eigenvalue weighted by Crippen LogP contribution is -2.28. The maximum absolute atomic E-state index is 13.4. The molecular formula is C22H16FN5OS. The molecular weight excluding hydrogens is 401 g/mol. The first-order valence-corrected chi connectivity index (χ1v) is 10.6. The number of hydrogen-bond acceptors (Lipinski definition) is 5. The van der Waals surface area contributed by atoms with Crippen LogP contribution in [0, 0.1) is 5.82 Å². The summed E-state index contributed by atoms with van der Waals surface area (Å²) < 4.78 is 16.5. The fourth-order valence-corrected chi connectivity index (χ4v) is 5.52. The van der Waals surface area contributed by atoms with E-state index in [2.05, 4.69) is 10.1 Å². The van der Waals surface area contributed by atoms with Gasteiger partial charge in [-0.1, -0.05) is 12.1 Å². The van der Waals surface area contributed by atoms with E-state index in [0.717, 1.165) is 40.6 Å². The molecule has 4 aromatic heterocycles. The molecule has 4 heterocycles. The van der Waals surface area contributed by atoms with Gasteiger partial charge >= 0.3 is 5.69 Å². The predicted octanol–water partition coefficient (Wildman–Crippen LogP) is 3.84. The predicted molar refractivity (Wildman–Crippen MR) is 113 cm³/mol. The highest BCUT2D eigenvalue weighted by molar-refractivity contribution is 7.19. The first-order valence-electron chi connectivity index (χ1n) is 9.78. The van der Waals surface area contributed by atoms with E-state index in [1.165, 1.54) is 27.1 Å². The second-order valence-corrected chi connectivity index (χ2v) is 8.53. The molecule has 5 aromatic rings. The van der Waals surface area contributed by atoms with Gasteiger partial charge in [0.2, 0.25) is 0 Å². The van der Waals surface area contributed by atoms with Crippen molar-refractivity contribution in [3.63, 3.8) is 0 Å². The number of aromatic nitrogens is 5. The van der Waals surface area contributed by atoms with Crippen LogP contribution < -0.4 is 5.69 Å². The number of aryl methyl sites for hydroxylation is 2. The summed E-state index contributed by atoms with van der Waals surface area (Å²) in [6, 6.07) is 9.96. The number of nitrogens with zero attached hydrogens (tertiary/aromatic N) is 5. The van der Waals surface area contributed by atoms with Crippen LogP contribution in [0.1, 0.15) is 22.4 Å². The first-order chi connectivity index (χ1) is 14.7. The average molecular weight is 417 g/mol. The Kier molecular flexibility index (Phi) is 3.82. The Hall–Kier alpha value is -3.39. The van der Waals surface area contributed by atoms with Gasteiger partial charge in [0, 0.05) is 22.8 Å². The number of benzene rings is 1. The largest absolute Gasteiger partial charge is 0.352 e. The normalized spacial score (nSPS) is 13.4. The minimum absolute atomic E-state index is 0.246. The Bertz CT molecular complexity index is 1470. The Balaban J connectivity index is 1.64. The molecule has 0 amide bonds. The summed E-state index contributed by atoms with van der Waals surface area (Å²) in [6.45, 7) is 0.354. The van der Waals surface area contributed by atoms with Crippen molar-refractivity contribution in [1.29, 1.82) is 0 Å². The number of halogens is 1. The van der Waals surface area contributed by atoms with Crippen LogP contribution in [0.2, 0.25) is 0 Å². The van der Waals surface area contributed by atoms with Crippen molar-refractivity contribution in [2.24, 2.45) is 0 Å². The van der Waals surface area contributed by atoms with Gasteiger partial charge in [0.1, 0.15) is 10.6 Å². The van der Waals surface area contributed by atoms with Crippen molar-refractivity contribution >= 4 is 27.2 Å². The van der Waals surface area contributed by atoms with Crippen LogP contribution >= 0.6 is 11.3 Å². The highest BCUT2D eigenvalue weighted by Gasteiger charge is 2.25. The summed E-state index contributed by atoms with van der Waals surface area (Å²) >= 11 is 1.66. The van der Waals surface area contributed by atoms with Crippen LogP contribution in [0.3, 0.4) is 0 Å². The van der Waals surface area contributed by atoms with Crippen LogP contribution in [0.25, 0.3) is 27.3 Å². The van der Waals surface area contributed by atoms with Gasteiger partial charge in [-0.25, -0.2) is 14.2 Å². The molecule has 1 aromatic carbocycles. The number of thiophene rings is 1. The Morgan fingerprint density at radius 1 is 1.13 bits per heavy atom. The molecule has 0 fully saturated rings. The Morgan fingerprint density at radius 3 is 2.80 bits per heavy atom. The summed E-state index contributed by atoms with van der Waals surface area (Å²) in [6.07, 6.45) is 6.51. The fraction of sp³-hybridized carbons (Fsp3) is 0.182. The third kappa shape index (κ3) is 2.60. The van der Waals surface area contributed by atoms with E-state index in [1.54, 1.807) is 40.4 Å². The lowest BCUT2D eigenvalue weighted by molar-refractivity contribution is 0.626. The van der Waals surface area contributed by atoms with Crippen molar-refractivity contribution in [2.45, 2.75) is 25.8 Å². The zero-order valence-corrected chi connectivity index (χ0v) is 16.7. The van der Waals surface area contributed by atoms with Gasteiger partial charge in [-0.2, -0.15) is 4.52 Å². The SMILES string of the molecule is O=c1n(Cc2ccc(F)cc2)c2sc3c(c2c2nc(-c4cccnc4)nn12)CCC3. The zero-order valence-electron chi connectivity index (χ0n) is 15.9. The molecule has 0 saturated heterocycles. The highest BCUT2D eigenvalue weighted by Crippen LogP contribution is 2.38. The van der Waals surface area contributed by atoms with Gasteiger partial charge in [-0.3, -0.25) is 9.55 Å². The number of hydrogen-bond donors (Lipinski definition) is 0. The lowest BCUT2D eigenvalue weighted by Gasteiger charge is -2.09. The zero-order chi connectivity index (χ0) is 20.2. The van der Waals surface area contributed by atoms with Gasteiger partial charge in [-0.05, 0) is 54.7 Å². The number of rotatable bonds is 3. The molecule has 0 spiro atoms. The Morgan fingerprint density at radius 2 is 2.00 bits per heavy atom. The van der Waals surface area contributed by atoms with E-state index in [0.29, 0.717) is 18.0 Å². The van der Waals surface area contributed by atoms with E-state index < -0.39 is 0 Å². The molecule has 1 aliphatic carbocycles. The number of fused-ring (bicyclic) bond motifs is 5. The van der Waals surface area contributed by atoms with Crippen molar-refractivity contribution in [2.75, 3.05) is 0 Å². The maximum atomic E-state index is 13.4. The van der Waals surface area contributed by atoms with Crippen molar-refractivity contribution < 1.29 is 4.39 Å². The molecule has 0 bridgehead atoms. The van der Waals surface area contributed by atoms with Crippen LogP contribution in [0.5, 0.6) is 0 Å². The lowest BCUT2D eigenvalue weighted by atomic mass is 10.2. The summed E-state index contributed by atoms with van der Waals surface area (Å²) in [5, 5.41) is 5.54. The molecule has 0 aliphatic heterocycles. The summed E-state index contributed by atoms with van der Waals surface area (Å²) in [7, 11) is 0. The minimum Gasteiger partial charge on any atom is -0.278 e. The molecule has 30 heavy (non-hydrogen) atoms. The van der Waals surface area contributed by atoms with E-state index in [-0.39, 0.29) is 11.5 Å². The molecule has 0 saturated carbocycles. The molecule has 6 rings (SSSR count). The van der Waals surface area contributed by atoms with Crippen molar-refractivity contribution in [3.8, 4) is 11.4 Å². The maximum Gasteiger partial charge on any atom is 0.352 e. The fourth-order valence-electron chi connectivity index (χ4n) is 4.15. The third-order valence-electron chi connectivity index (χ3n) is 5.56. The first kappa shape index (κ1) is 17.5. The van der Waals surface area contributed by atoms with Crippen molar-refractivity contribution in [1.82, 2.24) is 24.1 Å². The molecule has 1 aliphatic rings. The van der Waals surface area contributed by atoms with E-state index in [1.807, 2.05) is 12.1 Å². The van der Waals surface area contributed by atoms with Crippen molar-refractivity contribution in [3.05, 3.63) is 81.1 Å². The van der Waals surface area contributed by atoms with E-state index in [9.17, 15) is 9.18 Å². The van der Waals surface area contributed by atoms with Crippen LogP contribution in [-0.4, -0.2) is 24.1 Å². The second kappa shape index (κ2) is 6.56. The van der Waals surface area contributed by atoms with Crippen LogP contribution in [-0.2, 0) is 19.4 Å². The number of pyridine rings is 1. The smallest absolute Gasteiger partial charge is 0.278 e. The topological polar surface area (TPSA) is 65.1 Å². The van der Waals surface area contributed by atoms with Gasteiger partial charge < -0.3 is 0 Å². The van der Waals surface area contributed by atoms with Crippen LogP contribution in [0.15, 0.2) is 53.6 Å². The molecule has 0 unspecified atom stereocenters. The molecule has 148 valence electrons. The van der Waals surface area contributed by atoms with E-state index >= 15 is 0 Å².